The van der Waals surface area contributed by atoms with Crippen molar-refractivity contribution in [2.24, 2.45) is 0 Å². The van der Waals surface area contributed by atoms with Crippen LogP contribution in [0.15, 0.2) is 23.1 Å². The lowest BCUT2D eigenvalue weighted by atomic mass is 10.3. The molecular formula is C11H14F2N2O2S. The smallest absolute Gasteiger partial charge is 0.243 e. The summed E-state index contributed by atoms with van der Waals surface area (Å²) in [6.07, 6.45) is 0.697. The van der Waals surface area contributed by atoms with E-state index in [2.05, 4.69) is 5.32 Å². The molecule has 1 N–H and O–H groups in total. The molecule has 0 radical (unpaired) electrons. The molecule has 1 aliphatic heterocycles. The summed E-state index contributed by atoms with van der Waals surface area (Å²) in [4.78, 5) is -0.205. The molecule has 0 saturated carbocycles. The topological polar surface area (TPSA) is 49.4 Å². The van der Waals surface area contributed by atoms with Gasteiger partial charge in [-0.05, 0) is 31.2 Å². The fourth-order valence-corrected chi connectivity index (χ4v) is 3.34. The third-order valence-electron chi connectivity index (χ3n) is 2.83. The van der Waals surface area contributed by atoms with Gasteiger partial charge in [0, 0.05) is 19.6 Å². The zero-order valence-electron chi connectivity index (χ0n) is 9.70. The SMILES string of the molecule is O=S(=O)(c1ccc(F)c(F)c1)N1CCCNCC1. The van der Waals surface area contributed by atoms with Crippen LogP contribution in [0.25, 0.3) is 0 Å². The average Bonchev–Trinajstić information content (AvgIpc) is 2.61. The van der Waals surface area contributed by atoms with Gasteiger partial charge in [-0.25, -0.2) is 17.2 Å². The summed E-state index contributed by atoms with van der Waals surface area (Å²) in [6.45, 7) is 2.03. The predicted molar refractivity (Wildman–Crippen MR) is 62.6 cm³/mol. The van der Waals surface area contributed by atoms with Crippen LogP contribution in [0, 0.1) is 11.6 Å². The van der Waals surface area contributed by atoms with Gasteiger partial charge in [0.15, 0.2) is 11.6 Å². The number of benzene rings is 1. The van der Waals surface area contributed by atoms with Crippen LogP contribution in [-0.2, 0) is 10.0 Å². The molecule has 0 aliphatic carbocycles. The Bertz CT molecular complexity index is 526. The average molecular weight is 276 g/mol. The Morgan fingerprint density at radius 1 is 1.11 bits per heavy atom. The standard InChI is InChI=1S/C11H14F2N2O2S/c12-10-3-2-9(8-11(10)13)18(16,17)15-6-1-4-14-5-7-15/h2-3,8,14H,1,4-7H2. The molecule has 1 saturated heterocycles. The first-order valence-electron chi connectivity index (χ1n) is 5.68. The third kappa shape index (κ3) is 2.68. The lowest BCUT2D eigenvalue weighted by Gasteiger charge is -2.19. The molecule has 1 aromatic carbocycles. The van der Waals surface area contributed by atoms with E-state index in [-0.39, 0.29) is 4.90 Å². The first-order valence-corrected chi connectivity index (χ1v) is 7.12. The van der Waals surface area contributed by atoms with Crippen LogP contribution in [0.5, 0.6) is 0 Å². The summed E-state index contributed by atoms with van der Waals surface area (Å²) >= 11 is 0. The molecule has 0 bridgehead atoms. The molecule has 1 aliphatic rings. The minimum absolute atomic E-state index is 0.205. The van der Waals surface area contributed by atoms with Crippen molar-refractivity contribution in [3.63, 3.8) is 0 Å². The van der Waals surface area contributed by atoms with Crippen molar-refractivity contribution in [1.29, 1.82) is 0 Å². The number of sulfonamides is 1. The molecule has 4 nitrogen and oxygen atoms in total. The summed E-state index contributed by atoms with van der Waals surface area (Å²) in [5.41, 5.74) is 0. The number of nitrogens with one attached hydrogen (secondary N) is 1. The fraction of sp³-hybridized carbons (Fsp3) is 0.455. The summed E-state index contributed by atoms with van der Waals surface area (Å²) in [5, 5.41) is 3.08. The van der Waals surface area contributed by atoms with Gasteiger partial charge in [-0.1, -0.05) is 0 Å². The molecule has 1 fully saturated rings. The van der Waals surface area contributed by atoms with Crippen LogP contribution in [0.2, 0.25) is 0 Å². The summed E-state index contributed by atoms with van der Waals surface area (Å²) in [6, 6.07) is 2.65. The Labute approximate surface area is 105 Å². The zero-order chi connectivity index (χ0) is 13.2. The molecule has 0 amide bonds. The van der Waals surface area contributed by atoms with Gasteiger partial charge in [0.05, 0.1) is 4.90 Å². The van der Waals surface area contributed by atoms with Gasteiger partial charge in [0.2, 0.25) is 10.0 Å². The summed E-state index contributed by atoms with van der Waals surface area (Å²) < 4.78 is 51.6. The molecular weight excluding hydrogens is 262 g/mol. The first-order chi connectivity index (χ1) is 8.51. The van der Waals surface area contributed by atoms with E-state index in [1.54, 1.807) is 0 Å². The maximum absolute atomic E-state index is 13.1. The highest BCUT2D eigenvalue weighted by atomic mass is 32.2. The molecule has 7 heteroatoms. The molecule has 18 heavy (non-hydrogen) atoms. The highest BCUT2D eigenvalue weighted by molar-refractivity contribution is 7.89. The van der Waals surface area contributed by atoms with E-state index in [1.807, 2.05) is 0 Å². The van der Waals surface area contributed by atoms with Crippen LogP contribution in [0.1, 0.15) is 6.42 Å². The van der Waals surface area contributed by atoms with Gasteiger partial charge in [-0.3, -0.25) is 0 Å². The normalized spacial score (nSPS) is 18.6. The lowest BCUT2D eigenvalue weighted by molar-refractivity contribution is 0.430. The zero-order valence-corrected chi connectivity index (χ0v) is 10.5. The quantitative estimate of drug-likeness (QED) is 0.875. The van der Waals surface area contributed by atoms with E-state index in [4.69, 9.17) is 0 Å². The van der Waals surface area contributed by atoms with E-state index in [9.17, 15) is 17.2 Å². The van der Waals surface area contributed by atoms with Crippen LogP contribution >= 0.6 is 0 Å². The Kier molecular flexibility index (Phi) is 3.94. The van der Waals surface area contributed by atoms with Crippen molar-refractivity contribution in [1.82, 2.24) is 9.62 Å². The molecule has 100 valence electrons. The van der Waals surface area contributed by atoms with Crippen molar-refractivity contribution in [2.75, 3.05) is 26.2 Å². The van der Waals surface area contributed by atoms with Gasteiger partial charge in [-0.2, -0.15) is 4.31 Å². The number of nitrogens with zero attached hydrogens (tertiary/aromatic N) is 1. The second kappa shape index (κ2) is 5.29. The van der Waals surface area contributed by atoms with E-state index in [1.165, 1.54) is 4.31 Å². The number of hydrogen-bond acceptors (Lipinski definition) is 3. The van der Waals surface area contributed by atoms with Crippen molar-refractivity contribution in [3.8, 4) is 0 Å². The molecule has 0 atom stereocenters. The third-order valence-corrected chi connectivity index (χ3v) is 4.72. The Morgan fingerprint density at radius 2 is 1.89 bits per heavy atom. The van der Waals surface area contributed by atoms with Gasteiger partial charge >= 0.3 is 0 Å². The minimum atomic E-state index is -3.74. The van der Waals surface area contributed by atoms with E-state index in [0.29, 0.717) is 26.1 Å². The van der Waals surface area contributed by atoms with Gasteiger partial charge in [0.1, 0.15) is 0 Å². The maximum atomic E-state index is 13.1. The highest BCUT2D eigenvalue weighted by Crippen LogP contribution is 2.18. The van der Waals surface area contributed by atoms with Crippen molar-refractivity contribution < 1.29 is 17.2 Å². The van der Waals surface area contributed by atoms with E-state index in [0.717, 1.165) is 24.7 Å². The number of rotatable bonds is 2. The molecule has 0 spiro atoms. The second-order valence-electron chi connectivity index (χ2n) is 4.08. The van der Waals surface area contributed by atoms with E-state index < -0.39 is 21.7 Å². The minimum Gasteiger partial charge on any atom is -0.315 e. The lowest BCUT2D eigenvalue weighted by Crippen LogP contribution is -2.34. The van der Waals surface area contributed by atoms with Crippen molar-refractivity contribution >= 4 is 10.0 Å². The molecule has 2 rings (SSSR count). The fourth-order valence-electron chi connectivity index (χ4n) is 1.85. The Hall–Kier alpha value is -1.05. The Morgan fingerprint density at radius 3 is 2.61 bits per heavy atom. The predicted octanol–water partition coefficient (Wildman–Crippen LogP) is 0.949. The van der Waals surface area contributed by atoms with Gasteiger partial charge < -0.3 is 5.32 Å². The van der Waals surface area contributed by atoms with Gasteiger partial charge in [-0.15, -0.1) is 0 Å². The van der Waals surface area contributed by atoms with Crippen molar-refractivity contribution in [2.45, 2.75) is 11.3 Å². The Balaban J connectivity index is 2.31. The van der Waals surface area contributed by atoms with Crippen LogP contribution in [-0.4, -0.2) is 38.9 Å². The molecule has 0 aromatic heterocycles. The van der Waals surface area contributed by atoms with Crippen molar-refractivity contribution in [3.05, 3.63) is 29.8 Å². The second-order valence-corrected chi connectivity index (χ2v) is 6.02. The first kappa shape index (κ1) is 13.4. The van der Waals surface area contributed by atoms with Crippen LogP contribution in [0.4, 0.5) is 8.78 Å². The number of hydrogen-bond donors (Lipinski definition) is 1. The molecule has 1 aromatic rings. The summed E-state index contributed by atoms with van der Waals surface area (Å²) in [5.74, 6) is -2.20. The van der Waals surface area contributed by atoms with E-state index >= 15 is 0 Å². The molecule has 1 heterocycles. The van der Waals surface area contributed by atoms with Gasteiger partial charge in [0.25, 0.3) is 0 Å². The molecule has 0 unspecified atom stereocenters. The monoisotopic (exact) mass is 276 g/mol. The maximum Gasteiger partial charge on any atom is 0.243 e. The summed E-state index contributed by atoms with van der Waals surface area (Å²) in [7, 11) is -3.74. The van der Waals surface area contributed by atoms with Crippen LogP contribution in [0.3, 0.4) is 0 Å². The number of halogens is 2. The highest BCUT2D eigenvalue weighted by Gasteiger charge is 2.25. The largest absolute Gasteiger partial charge is 0.315 e. The van der Waals surface area contributed by atoms with Crippen LogP contribution < -0.4 is 5.32 Å².